The van der Waals surface area contributed by atoms with Crippen LogP contribution in [0, 0.1) is 0 Å². The summed E-state index contributed by atoms with van der Waals surface area (Å²) >= 11 is 0. The van der Waals surface area contributed by atoms with Crippen LogP contribution in [-0.2, 0) is 6.54 Å². The molecular weight excluding hydrogens is 212 g/mol. The van der Waals surface area contributed by atoms with Crippen molar-refractivity contribution >= 4 is 0 Å². The Kier molecular flexibility index (Phi) is 5.59. The summed E-state index contributed by atoms with van der Waals surface area (Å²) in [4.78, 5) is 6.30. The highest BCUT2D eigenvalue weighted by Crippen LogP contribution is 2.17. The average Bonchev–Trinajstić information content (AvgIpc) is 2.39. The van der Waals surface area contributed by atoms with Gasteiger partial charge in [0.25, 0.3) is 0 Å². The van der Waals surface area contributed by atoms with Crippen molar-refractivity contribution in [1.82, 2.24) is 9.88 Å². The number of nitrogens with zero attached hydrogens (tertiary/aromatic N) is 2. The Morgan fingerprint density at radius 1 is 1.18 bits per heavy atom. The predicted octanol–water partition coefficient (Wildman–Crippen LogP) is 2.45. The molecule has 3 nitrogen and oxygen atoms in total. The maximum absolute atomic E-state index is 10.4. The third-order valence-electron chi connectivity index (χ3n) is 3.44. The van der Waals surface area contributed by atoms with Gasteiger partial charge in [0.05, 0.1) is 5.60 Å². The zero-order valence-corrected chi connectivity index (χ0v) is 11.2. The third kappa shape index (κ3) is 4.44. The van der Waals surface area contributed by atoms with E-state index in [4.69, 9.17) is 0 Å². The Hall–Kier alpha value is -0.930. The third-order valence-corrected chi connectivity index (χ3v) is 3.44. The minimum Gasteiger partial charge on any atom is -0.389 e. The molecule has 0 saturated carbocycles. The first-order valence-corrected chi connectivity index (χ1v) is 6.47. The smallest absolute Gasteiger partial charge is 0.0769 e. The number of aliphatic hydroxyl groups is 1. The van der Waals surface area contributed by atoms with Gasteiger partial charge in [-0.1, -0.05) is 20.8 Å². The summed E-state index contributed by atoms with van der Waals surface area (Å²) in [6.07, 6.45) is 5.23. The number of hydrogen-bond donors (Lipinski definition) is 1. The molecule has 0 aliphatic heterocycles. The first-order chi connectivity index (χ1) is 8.13. The van der Waals surface area contributed by atoms with Crippen LogP contribution in [0.5, 0.6) is 0 Å². The summed E-state index contributed by atoms with van der Waals surface area (Å²) in [5, 5.41) is 10.4. The first kappa shape index (κ1) is 14.1. The van der Waals surface area contributed by atoms with Crippen molar-refractivity contribution in [2.45, 2.75) is 45.8 Å². The largest absolute Gasteiger partial charge is 0.389 e. The highest BCUT2D eigenvalue weighted by molar-refractivity contribution is 5.09. The van der Waals surface area contributed by atoms with Crippen molar-refractivity contribution in [3.05, 3.63) is 30.1 Å². The van der Waals surface area contributed by atoms with Gasteiger partial charge in [-0.05, 0) is 37.1 Å². The standard InChI is InChI=1S/C14H24N2O/c1-4-14(17,5-2)12-16(6-3)11-13-7-9-15-10-8-13/h7-10,17H,4-6,11-12H2,1-3H3. The molecule has 1 N–H and O–H groups in total. The van der Waals surface area contributed by atoms with Gasteiger partial charge in [0.15, 0.2) is 0 Å². The monoisotopic (exact) mass is 236 g/mol. The molecule has 0 amide bonds. The van der Waals surface area contributed by atoms with Crippen molar-refractivity contribution in [1.29, 1.82) is 0 Å². The summed E-state index contributed by atoms with van der Waals surface area (Å²) < 4.78 is 0. The van der Waals surface area contributed by atoms with Crippen LogP contribution in [0.25, 0.3) is 0 Å². The molecule has 1 aromatic rings. The second-order valence-electron chi connectivity index (χ2n) is 4.59. The summed E-state index contributed by atoms with van der Waals surface area (Å²) in [6.45, 7) is 8.78. The molecule has 0 atom stereocenters. The van der Waals surface area contributed by atoms with Gasteiger partial charge in [0.1, 0.15) is 0 Å². The summed E-state index contributed by atoms with van der Waals surface area (Å²) in [5.74, 6) is 0. The van der Waals surface area contributed by atoms with Gasteiger partial charge in [-0.2, -0.15) is 0 Å². The van der Waals surface area contributed by atoms with E-state index in [1.807, 2.05) is 38.4 Å². The van der Waals surface area contributed by atoms with E-state index in [1.54, 1.807) is 0 Å². The fourth-order valence-corrected chi connectivity index (χ4v) is 1.92. The fourth-order valence-electron chi connectivity index (χ4n) is 1.92. The molecule has 17 heavy (non-hydrogen) atoms. The van der Waals surface area contributed by atoms with Gasteiger partial charge in [0.2, 0.25) is 0 Å². The molecule has 0 aliphatic rings. The molecule has 0 aromatic carbocycles. The molecule has 0 saturated heterocycles. The molecule has 96 valence electrons. The topological polar surface area (TPSA) is 36.4 Å². The summed E-state index contributed by atoms with van der Waals surface area (Å²) in [6, 6.07) is 4.05. The van der Waals surface area contributed by atoms with E-state index >= 15 is 0 Å². The Labute approximate surface area is 104 Å². The molecule has 0 radical (unpaired) electrons. The van der Waals surface area contributed by atoms with E-state index in [-0.39, 0.29) is 0 Å². The second kappa shape index (κ2) is 6.72. The van der Waals surface area contributed by atoms with Gasteiger partial charge < -0.3 is 5.11 Å². The molecule has 0 unspecified atom stereocenters. The van der Waals surface area contributed by atoms with Crippen LogP contribution in [0.3, 0.4) is 0 Å². The molecular formula is C14H24N2O. The normalized spacial score (nSPS) is 12.1. The van der Waals surface area contributed by atoms with E-state index < -0.39 is 5.60 Å². The maximum Gasteiger partial charge on any atom is 0.0769 e. The number of aromatic nitrogens is 1. The Balaban J connectivity index is 2.60. The summed E-state index contributed by atoms with van der Waals surface area (Å²) in [5.41, 5.74) is 0.694. The number of hydrogen-bond acceptors (Lipinski definition) is 3. The van der Waals surface area contributed by atoms with Crippen LogP contribution >= 0.6 is 0 Å². The Morgan fingerprint density at radius 2 is 1.76 bits per heavy atom. The lowest BCUT2D eigenvalue weighted by Crippen LogP contribution is -2.41. The van der Waals surface area contributed by atoms with Gasteiger partial charge in [0, 0.05) is 25.5 Å². The lowest BCUT2D eigenvalue weighted by molar-refractivity contribution is -0.00422. The summed E-state index contributed by atoms with van der Waals surface area (Å²) in [7, 11) is 0. The van der Waals surface area contributed by atoms with Crippen LogP contribution in [0.2, 0.25) is 0 Å². The Bertz CT molecular complexity index is 309. The fraction of sp³-hybridized carbons (Fsp3) is 0.643. The minimum atomic E-state index is -0.553. The molecule has 1 heterocycles. The molecule has 0 aliphatic carbocycles. The molecule has 0 fully saturated rings. The van der Waals surface area contributed by atoms with Gasteiger partial charge in [-0.25, -0.2) is 0 Å². The minimum absolute atomic E-state index is 0.553. The highest BCUT2D eigenvalue weighted by Gasteiger charge is 2.24. The highest BCUT2D eigenvalue weighted by atomic mass is 16.3. The first-order valence-electron chi connectivity index (χ1n) is 6.47. The van der Waals surface area contributed by atoms with Crippen LogP contribution in [0.4, 0.5) is 0 Å². The SMILES string of the molecule is CCN(Cc1ccncc1)CC(O)(CC)CC. The predicted molar refractivity (Wildman–Crippen MR) is 70.7 cm³/mol. The van der Waals surface area contributed by atoms with Crippen molar-refractivity contribution in [2.75, 3.05) is 13.1 Å². The zero-order valence-electron chi connectivity index (χ0n) is 11.2. The second-order valence-corrected chi connectivity index (χ2v) is 4.59. The van der Waals surface area contributed by atoms with E-state index in [9.17, 15) is 5.11 Å². The quantitative estimate of drug-likeness (QED) is 0.790. The molecule has 0 spiro atoms. The number of pyridine rings is 1. The van der Waals surface area contributed by atoms with E-state index in [2.05, 4.69) is 16.8 Å². The van der Waals surface area contributed by atoms with Crippen molar-refractivity contribution in [2.24, 2.45) is 0 Å². The molecule has 1 aromatic heterocycles. The zero-order chi connectivity index (χ0) is 12.7. The van der Waals surface area contributed by atoms with Crippen LogP contribution in [-0.4, -0.2) is 33.7 Å². The average molecular weight is 236 g/mol. The lowest BCUT2D eigenvalue weighted by atomic mass is 9.96. The lowest BCUT2D eigenvalue weighted by Gasteiger charge is -2.32. The molecule has 3 heteroatoms. The van der Waals surface area contributed by atoms with Gasteiger partial charge in [-0.3, -0.25) is 9.88 Å². The van der Waals surface area contributed by atoms with E-state index in [1.165, 1.54) is 5.56 Å². The van der Waals surface area contributed by atoms with Crippen LogP contribution in [0.15, 0.2) is 24.5 Å². The van der Waals surface area contributed by atoms with E-state index in [0.29, 0.717) is 0 Å². The van der Waals surface area contributed by atoms with Crippen LogP contribution < -0.4 is 0 Å². The van der Waals surface area contributed by atoms with E-state index in [0.717, 1.165) is 32.5 Å². The number of rotatable bonds is 7. The Morgan fingerprint density at radius 3 is 2.24 bits per heavy atom. The molecule has 1 rings (SSSR count). The maximum atomic E-state index is 10.4. The van der Waals surface area contributed by atoms with Crippen molar-refractivity contribution in [3.63, 3.8) is 0 Å². The number of likely N-dealkylation sites (N-methyl/N-ethyl adjacent to an activating group) is 1. The van der Waals surface area contributed by atoms with Crippen molar-refractivity contribution < 1.29 is 5.11 Å². The van der Waals surface area contributed by atoms with Crippen LogP contribution in [0.1, 0.15) is 39.2 Å². The van der Waals surface area contributed by atoms with Crippen molar-refractivity contribution in [3.8, 4) is 0 Å². The molecule has 0 bridgehead atoms. The van der Waals surface area contributed by atoms with Gasteiger partial charge in [-0.15, -0.1) is 0 Å². The van der Waals surface area contributed by atoms with Gasteiger partial charge >= 0.3 is 0 Å².